The van der Waals surface area contributed by atoms with Crippen LogP contribution in [0.4, 0.5) is 0 Å². The number of carboxylic acid groups (broad SMARTS) is 1. The van der Waals surface area contributed by atoms with Crippen LogP contribution in [0.15, 0.2) is 47.5 Å². The molecule has 1 aromatic carbocycles. The van der Waals surface area contributed by atoms with Gasteiger partial charge in [-0.1, -0.05) is 42.1 Å². The molecule has 0 aliphatic carbocycles. The topological polar surface area (TPSA) is 63.1 Å². The summed E-state index contributed by atoms with van der Waals surface area (Å²) >= 11 is 1.16. The molecule has 0 aliphatic rings. The minimum absolute atomic E-state index is 0.000631. The van der Waals surface area contributed by atoms with Gasteiger partial charge in [0.15, 0.2) is 0 Å². The number of carboxylic acids is 1. The zero-order chi connectivity index (χ0) is 12.1. The molecule has 86 valence electrons. The summed E-state index contributed by atoms with van der Waals surface area (Å²) in [5.74, 6) is -0.858. The van der Waals surface area contributed by atoms with Gasteiger partial charge in [-0.05, 0) is 12.1 Å². The lowest BCUT2D eigenvalue weighted by Crippen LogP contribution is -1.98. The summed E-state index contributed by atoms with van der Waals surface area (Å²) in [6, 6.07) is 13.3. The Labute approximate surface area is 103 Å². The predicted octanol–water partition coefficient (Wildman–Crippen LogP) is 2.32. The summed E-state index contributed by atoms with van der Waals surface area (Å²) in [4.78, 5) is 10.4. The first-order chi connectivity index (χ1) is 8.25. The van der Waals surface area contributed by atoms with Gasteiger partial charge in [0.1, 0.15) is 5.03 Å². The first-order valence-electron chi connectivity index (χ1n) is 4.99. The fourth-order valence-corrected chi connectivity index (χ4v) is 1.83. The zero-order valence-corrected chi connectivity index (χ0v) is 9.72. The van der Waals surface area contributed by atoms with Crippen molar-refractivity contribution < 1.29 is 9.90 Å². The molecule has 0 saturated carbocycles. The van der Waals surface area contributed by atoms with Crippen molar-refractivity contribution in [2.24, 2.45) is 0 Å². The summed E-state index contributed by atoms with van der Waals surface area (Å²) < 4.78 is 0. The number of aliphatic carboxylic acids is 1. The number of nitrogens with zero attached hydrogens (tertiary/aromatic N) is 2. The van der Waals surface area contributed by atoms with E-state index in [1.807, 2.05) is 36.4 Å². The van der Waals surface area contributed by atoms with Crippen molar-refractivity contribution in [3.8, 4) is 11.3 Å². The van der Waals surface area contributed by atoms with E-state index in [2.05, 4.69) is 10.2 Å². The molecule has 1 aromatic heterocycles. The molecular formula is C12H10N2O2S. The minimum Gasteiger partial charge on any atom is -0.481 e. The van der Waals surface area contributed by atoms with E-state index in [0.29, 0.717) is 5.03 Å². The molecule has 17 heavy (non-hydrogen) atoms. The first kappa shape index (κ1) is 11.6. The van der Waals surface area contributed by atoms with Gasteiger partial charge in [0.05, 0.1) is 11.4 Å². The molecular weight excluding hydrogens is 236 g/mol. The smallest absolute Gasteiger partial charge is 0.313 e. The van der Waals surface area contributed by atoms with Crippen LogP contribution in [-0.2, 0) is 4.79 Å². The number of carbonyl (C=O) groups is 1. The number of benzene rings is 1. The Hall–Kier alpha value is -1.88. The fourth-order valence-electron chi connectivity index (χ4n) is 1.30. The summed E-state index contributed by atoms with van der Waals surface area (Å²) in [6.45, 7) is 0. The third kappa shape index (κ3) is 3.29. The van der Waals surface area contributed by atoms with Crippen molar-refractivity contribution in [1.29, 1.82) is 0 Å². The molecule has 1 heterocycles. The highest BCUT2D eigenvalue weighted by Gasteiger charge is 2.03. The standard InChI is InChI=1S/C12H10N2O2S/c15-12(16)8-17-11-7-6-10(13-14-11)9-4-2-1-3-5-9/h1-7H,8H2,(H,15,16). The lowest BCUT2D eigenvalue weighted by Gasteiger charge is -2.00. The highest BCUT2D eigenvalue weighted by molar-refractivity contribution is 7.99. The van der Waals surface area contributed by atoms with E-state index < -0.39 is 5.97 Å². The fraction of sp³-hybridized carbons (Fsp3) is 0.0833. The monoisotopic (exact) mass is 246 g/mol. The van der Waals surface area contributed by atoms with E-state index >= 15 is 0 Å². The molecule has 0 fully saturated rings. The lowest BCUT2D eigenvalue weighted by atomic mass is 10.1. The van der Waals surface area contributed by atoms with Gasteiger partial charge in [-0.3, -0.25) is 4.79 Å². The molecule has 5 heteroatoms. The van der Waals surface area contributed by atoms with Crippen LogP contribution in [0.2, 0.25) is 0 Å². The van der Waals surface area contributed by atoms with Crippen LogP contribution in [0.1, 0.15) is 0 Å². The predicted molar refractivity (Wildman–Crippen MR) is 65.8 cm³/mol. The Morgan fingerprint density at radius 1 is 1.12 bits per heavy atom. The molecule has 1 N–H and O–H groups in total. The van der Waals surface area contributed by atoms with Crippen LogP contribution in [0.5, 0.6) is 0 Å². The van der Waals surface area contributed by atoms with Gasteiger partial charge in [0.2, 0.25) is 0 Å². The summed E-state index contributed by atoms with van der Waals surface area (Å²) in [5.41, 5.74) is 1.78. The second-order valence-electron chi connectivity index (χ2n) is 3.31. The molecule has 0 unspecified atom stereocenters. The molecule has 0 atom stereocenters. The van der Waals surface area contributed by atoms with E-state index in [0.717, 1.165) is 23.0 Å². The minimum atomic E-state index is -0.857. The Morgan fingerprint density at radius 3 is 2.47 bits per heavy atom. The average molecular weight is 246 g/mol. The summed E-state index contributed by atoms with van der Waals surface area (Å²) in [5, 5.41) is 17.2. The van der Waals surface area contributed by atoms with Gasteiger partial charge in [-0.25, -0.2) is 0 Å². The van der Waals surface area contributed by atoms with E-state index in [4.69, 9.17) is 5.11 Å². The van der Waals surface area contributed by atoms with Crippen LogP contribution < -0.4 is 0 Å². The molecule has 0 radical (unpaired) electrons. The third-order valence-corrected chi connectivity index (χ3v) is 2.96. The van der Waals surface area contributed by atoms with Gasteiger partial charge in [0, 0.05) is 5.56 Å². The Bertz CT molecular complexity index is 500. The maximum absolute atomic E-state index is 10.4. The maximum Gasteiger partial charge on any atom is 0.313 e. The number of aromatic nitrogens is 2. The molecule has 0 amide bonds. The van der Waals surface area contributed by atoms with Crippen LogP contribution >= 0.6 is 11.8 Å². The molecule has 0 aliphatic heterocycles. The average Bonchev–Trinajstić information content (AvgIpc) is 2.38. The molecule has 0 spiro atoms. The van der Waals surface area contributed by atoms with Gasteiger partial charge < -0.3 is 5.11 Å². The molecule has 2 rings (SSSR count). The van der Waals surface area contributed by atoms with Crippen molar-refractivity contribution in [3.63, 3.8) is 0 Å². The zero-order valence-electron chi connectivity index (χ0n) is 8.91. The summed E-state index contributed by atoms with van der Waals surface area (Å²) in [6.07, 6.45) is 0. The van der Waals surface area contributed by atoms with Crippen LogP contribution in [-0.4, -0.2) is 27.0 Å². The van der Waals surface area contributed by atoms with Crippen LogP contribution in [0.3, 0.4) is 0 Å². The van der Waals surface area contributed by atoms with Crippen molar-refractivity contribution >= 4 is 17.7 Å². The van der Waals surface area contributed by atoms with E-state index in [1.165, 1.54) is 0 Å². The lowest BCUT2D eigenvalue weighted by molar-refractivity contribution is -0.133. The molecule has 0 bridgehead atoms. The number of rotatable bonds is 4. The van der Waals surface area contributed by atoms with Crippen molar-refractivity contribution in [3.05, 3.63) is 42.5 Å². The first-order valence-corrected chi connectivity index (χ1v) is 5.98. The van der Waals surface area contributed by atoms with Crippen LogP contribution in [0.25, 0.3) is 11.3 Å². The molecule has 2 aromatic rings. The van der Waals surface area contributed by atoms with Gasteiger partial charge in [-0.2, -0.15) is 0 Å². The maximum atomic E-state index is 10.4. The SMILES string of the molecule is O=C(O)CSc1ccc(-c2ccccc2)nn1. The Morgan fingerprint density at radius 2 is 1.88 bits per heavy atom. The molecule has 4 nitrogen and oxygen atoms in total. The van der Waals surface area contributed by atoms with Crippen molar-refractivity contribution in [2.75, 3.05) is 5.75 Å². The van der Waals surface area contributed by atoms with Gasteiger partial charge in [0.25, 0.3) is 0 Å². The highest BCUT2D eigenvalue weighted by Crippen LogP contribution is 2.19. The quantitative estimate of drug-likeness (QED) is 0.839. The Balaban J connectivity index is 2.11. The van der Waals surface area contributed by atoms with E-state index in [-0.39, 0.29) is 5.75 Å². The highest BCUT2D eigenvalue weighted by atomic mass is 32.2. The Kier molecular flexibility index (Phi) is 3.72. The van der Waals surface area contributed by atoms with Gasteiger partial charge >= 0.3 is 5.97 Å². The number of hydrogen-bond acceptors (Lipinski definition) is 4. The number of hydrogen-bond donors (Lipinski definition) is 1. The normalized spacial score (nSPS) is 10.1. The van der Waals surface area contributed by atoms with Crippen molar-refractivity contribution in [1.82, 2.24) is 10.2 Å². The molecule has 0 saturated heterocycles. The van der Waals surface area contributed by atoms with Crippen LogP contribution in [0, 0.1) is 0 Å². The number of thioether (sulfide) groups is 1. The second kappa shape index (κ2) is 5.45. The van der Waals surface area contributed by atoms with E-state index in [9.17, 15) is 4.79 Å². The van der Waals surface area contributed by atoms with Crippen molar-refractivity contribution in [2.45, 2.75) is 5.03 Å². The largest absolute Gasteiger partial charge is 0.481 e. The third-order valence-electron chi connectivity index (χ3n) is 2.05. The van der Waals surface area contributed by atoms with E-state index in [1.54, 1.807) is 6.07 Å². The van der Waals surface area contributed by atoms with Gasteiger partial charge in [-0.15, -0.1) is 10.2 Å². The summed E-state index contributed by atoms with van der Waals surface area (Å²) in [7, 11) is 0. The second-order valence-corrected chi connectivity index (χ2v) is 4.30.